The summed E-state index contributed by atoms with van der Waals surface area (Å²) in [5.74, 6) is 0. The molecule has 0 bridgehead atoms. The van der Waals surface area contributed by atoms with E-state index in [2.05, 4.69) is 27.7 Å². The van der Waals surface area contributed by atoms with Crippen molar-refractivity contribution in [1.82, 2.24) is 0 Å². The molecule has 0 saturated heterocycles. The zero-order valence-electron chi connectivity index (χ0n) is 17.6. The van der Waals surface area contributed by atoms with Crippen molar-refractivity contribution in [3.8, 4) is 0 Å². The van der Waals surface area contributed by atoms with Gasteiger partial charge in [0.15, 0.2) is 0 Å². The lowest BCUT2D eigenvalue weighted by Crippen LogP contribution is -3.00. The van der Waals surface area contributed by atoms with Crippen molar-refractivity contribution in [2.45, 2.75) is 118 Å². The second-order valence-electron chi connectivity index (χ2n) is 7.66. The molecule has 0 aliphatic carbocycles. The summed E-state index contributed by atoms with van der Waals surface area (Å²) in [5.41, 5.74) is 0. The number of quaternary nitrogens is 1. The van der Waals surface area contributed by atoms with Crippen LogP contribution in [0.2, 0.25) is 0 Å². The molecule has 1 nitrogen and oxygen atoms in total. The first-order valence-corrected chi connectivity index (χ1v) is 11.1. The highest BCUT2D eigenvalue weighted by atomic mass is 127. The maximum atomic E-state index is 2.41. The van der Waals surface area contributed by atoms with Gasteiger partial charge in [0.2, 0.25) is 0 Å². The Labute approximate surface area is 172 Å². The molecule has 0 rings (SSSR count). The van der Waals surface area contributed by atoms with Crippen LogP contribution in [0.1, 0.15) is 118 Å². The molecule has 24 heavy (non-hydrogen) atoms. The molecular weight excluding hydrogens is 405 g/mol. The highest BCUT2D eigenvalue weighted by Gasteiger charge is 2.21. The van der Waals surface area contributed by atoms with Gasteiger partial charge in [-0.15, -0.1) is 0 Å². The lowest BCUT2D eigenvalue weighted by molar-refractivity contribution is -0.925. The van der Waals surface area contributed by atoms with Gasteiger partial charge in [0.25, 0.3) is 0 Å². The summed E-state index contributed by atoms with van der Waals surface area (Å²) in [7, 11) is 0. The third-order valence-electron chi connectivity index (χ3n) is 5.81. The van der Waals surface area contributed by atoms with Crippen molar-refractivity contribution in [3.05, 3.63) is 0 Å². The number of halogens is 1. The van der Waals surface area contributed by atoms with Gasteiger partial charge in [-0.25, -0.2) is 0 Å². The van der Waals surface area contributed by atoms with Gasteiger partial charge in [0, 0.05) is 0 Å². The lowest BCUT2D eigenvalue weighted by atomic mass is 10.1. The molecule has 0 fully saturated rings. The Kier molecular flexibility index (Phi) is 22.4. The van der Waals surface area contributed by atoms with Gasteiger partial charge < -0.3 is 28.5 Å². The third-order valence-corrected chi connectivity index (χ3v) is 5.81. The molecule has 0 aromatic carbocycles. The normalized spacial score (nSPS) is 11.5. The topological polar surface area (TPSA) is 0 Å². The summed E-state index contributed by atoms with van der Waals surface area (Å²) in [6.45, 7) is 15.0. The van der Waals surface area contributed by atoms with Crippen LogP contribution in [-0.4, -0.2) is 30.7 Å². The molecule has 0 aliphatic heterocycles. The lowest BCUT2D eigenvalue weighted by Gasteiger charge is -2.37. The van der Waals surface area contributed by atoms with Gasteiger partial charge in [0.05, 0.1) is 26.2 Å². The van der Waals surface area contributed by atoms with Crippen LogP contribution in [0, 0.1) is 0 Å². The summed E-state index contributed by atoms with van der Waals surface area (Å²) >= 11 is 0. The van der Waals surface area contributed by atoms with Crippen molar-refractivity contribution >= 4 is 0 Å². The monoisotopic (exact) mass is 453 g/mol. The number of unbranched alkanes of at least 4 members (excludes halogenated alkanes) is 12. The quantitative estimate of drug-likeness (QED) is 0.165. The molecular formula is C22H48IN. The average molecular weight is 454 g/mol. The van der Waals surface area contributed by atoms with Crippen LogP contribution in [0.4, 0.5) is 0 Å². The molecule has 0 spiro atoms. The maximum absolute atomic E-state index is 2.41. The Morgan fingerprint density at radius 2 is 0.708 bits per heavy atom. The Bertz CT molecular complexity index is 206. The average Bonchev–Trinajstić information content (AvgIpc) is 2.58. The zero-order valence-corrected chi connectivity index (χ0v) is 19.7. The summed E-state index contributed by atoms with van der Waals surface area (Å²) in [4.78, 5) is 0. The minimum Gasteiger partial charge on any atom is -1.00 e. The van der Waals surface area contributed by atoms with Crippen LogP contribution < -0.4 is 24.0 Å². The van der Waals surface area contributed by atoms with E-state index in [9.17, 15) is 0 Å². The van der Waals surface area contributed by atoms with Crippen LogP contribution in [0.15, 0.2) is 0 Å². The van der Waals surface area contributed by atoms with Crippen LogP contribution >= 0.6 is 0 Å². The van der Waals surface area contributed by atoms with Gasteiger partial charge in [-0.1, -0.05) is 78.1 Å². The second kappa shape index (κ2) is 20.0. The van der Waals surface area contributed by atoms with Crippen molar-refractivity contribution < 1.29 is 28.5 Å². The van der Waals surface area contributed by atoms with Crippen molar-refractivity contribution in [2.24, 2.45) is 0 Å². The minimum absolute atomic E-state index is 0. The standard InChI is InChI=1S/C22H48N.HI/c1-5-9-11-13-15-17-19-21-23(7-3,8-4)22-20-18-16-14-12-10-6-2;/h5-22H2,1-4H3;1H/q+1;/p-1. The van der Waals surface area contributed by atoms with E-state index in [1.54, 1.807) is 0 Å². The Morgan fingerprint density at radius 1 is 0.417 bits per heavy atom. The fourth-order valence-electron chi connectivity index (χ4n) is 3.78. The third kappa shape index (κ3) is 15.0. The van der Waals surface area contributed by atoms with E-state index in [4.69, 9.17) is 0 Å². The first-order valence-electron chi connectivity index (χ1n) is 11.1. The molecule has 0 N–H and O–H groups in total. The van der Waals surface area contributed by atoms with Gasteiger partial charge in [-0.2, -0.15) is 0 Å². The Morgan fingerprint density at radius 3 is 1.00 bits per heavy atom. The maximum Gasteiger partial charge on any atom is 0.0786 e. The van der Waals surface area contributed by atoms with E-state index in [0.717, 1.165) is 0 Å². The molecule has 0 heterocycles. The SMILES string of the molecule is CCCCCCCCC[N+](CC)(CC)CCCCCCCCC.[I-]. The van der Waals surface area contributed by atoms with E-state index in [0.29, 0.717) is 0 Å². The smallest absolute Gasteiger partial charge is 0.0786 e. The molecule has 148 valence electrons. The molecule has 0 aliphatic rings. The van der Waals surface area contributed by atoms with Gasteiger partial charge in [-0.05, 0) is 39.5 Å². The fourth-order valence-corrected chi connectivity index (χ4v) is 3.78. The van der Waals surface area contributed by atoms with Crippen molar-refractivity contribution in [3.63, 3.8) is 0 Å². The summed E-state index contributed by atoms with van der Waals surface area (Å²) in [6, 6.07) is 0. The molecule has 0 radical (unpaired) electrons. The fraction of sp³-hybridized carbons (Fsp3) is 1.00. The molecule has 0 saturated carbocycles. The molecule has 0 unspecified atom stereocenters. The highest BCUT2D eigenvalue weighted by Crippen LogP contribution is 2.15. The number of rotatable bonds is 18. The Hall–Kier alpha value is 0.690. The van der Waals surface area contributed by atoms with Crippen LogP contribution in [0.5, 0.6) is 0 Å². The van der Waals surface area contributed by atoms with Gasteiger partial charge in [-0.3, -0.25) is 0 Å². The zero-order chi connectivity index (χ0) is 17.2. The van der Waals surface area contributed by atoms with Gasteiger partial charge in [0.1, 0.15) is 0 Å². The first-order chi connectivity index (χ1) is 11.2. The molecule has 2 heteroatoms. The number of hydrogen-bond donors (Lipinski definition) is 0. The molecule has 0 aromatic heterocycles. The largest absolute Gasteiger partial charge is 1.00 e. The summed E-state index contributed by atoms with van der Waals surface area (Å²) in [6.07, 6.45) is 20.2. The van der Waals surface area contributed by atoms with Crippen molar-refractivity contribution in [1.29, 1.82) is 0 Å². The highest BCUT2D eigenvalue weighted by molar-refractivity contribution is 4.50. The molecule has 0 amide bonds. The van der Waals surface area contributed by atoms with Crippen LogP contribution in [0.25, 0.3) is 0 Å². The van der Waals surface area contributed by atoms with E-state index in [1.807, 2.05) is 0 Å². The van der Waals surface area contributed by atoms with E-state index < -0.39 is 0 Å². The van der Waals surface area contributed by atoms with Gasteiger partial charge >= 0.3 is 0 Å². The van der Waals surface area contributed by atoms with E-state index in [1.165, 1.54) is 121 Å². The number of nitrogens with zero attached hydrogens (tertiary/aromatic N) is 1. The van der Waals surface area contributed by atoms with Crippen molar-refractivity contribution in [2.75, 3.05) is 26.2 Å². The van der Waals surface area contributed by atoms with E-state index >= 15 is 0 Å². The minimum atomic E-state index is 0. The second-order valence-corrected chi connectivity index (χ2v) is 7.66. The van der Waals surface area contributed by atoms with E-state index in [-0.39, 0.29) is 24.0 Å². The summed E-state index contributed by atoms with van der Waals surface area (Å²) < 4.78 is 1.38. The number of hydrogen-bond acceptors (Lipinski definition) is 0. The predicted molar refractivity (Wildman–Crippen MR) is 107 cm³/mol. The Balaban J connectivity index is 0. The molecule has 0 atom stereocenters. The predicted octanol–water partition coefficient (Wildman–Crippen LogP) is 4.35. The van der Waals surface area contributed by atoms with Crippen LogP contribution in [0.3, 0.4) is 0 Å². The summed E-state index contributed by atoms with van der Waals surface area (Å²) in [5, 5.41) is 0. The molecule has 0 aromatic rings. The first kappa shape index (κ1) is 26.9. The van der Waals surface area contributed by atoms with Crippen LogP contribution in [-0.2, 0) is 0 Å².